The van der Waals surface area contributed by atoms with E-state index in [1.165, 1.54) is 33.6 Å². The number of ether oxygens (including phenoxy) is 1. The second-order valence-electron chi connectivity index (χ2n) is 8.16. The monoisotopic (exact) mass is 459 g/mol. The predicted octanol–water partition coefficient (Wildman–Crippen LogP) is 0.590. The highest BCUT2D eigenvalue weighted by atomic mass is 32.2. The Labute approximate surface area is 178 Å². The maximum Gasteiger partial charge on any atom is 0.268 e. The number of carbonyl (C=O) groups is 1. The van der Waals surface area contributed by atoms with Crippen molar-refractivity contribution in [2.24, 2.45) is 0 Å². The van der Waals surface area contributed by atoms with Crippen LogP contribution in [0.1, 0.15) is 30.6 Å². The van der Waals surface area contributed by atoms with Crippen molar-refractivity contribution in [3.63, 3.8) is 0 Å². The molecule has 0 saturated carbocycles. The third-order valence-electron chi connectivity index (χ3n) is 5.32. The molecule has 0 bridgehead atoms. The molecular formula is C19H29N3O6S2. The van der Waals surface area contributed by atoms with Crippen LogP contribution in [0.3, 0.4) is 0 Å². The van der Waals surface area contributed by atoms with Gasteiger partial charge in [0.1, 0.15) is 0 Å². The fraction of sp³-hybridized carbons (Fsp3) is 0.632. The summed E-state index contributed by atoms with van der Waals surface area (Å²) in [7, 11) is -3.49. The van der Waals surface area contributed by atoms with Crippen molar-refractivity contribution >= 4 is 25.8 Å². The summed E-state index contributed by atoms with van der Waals surface area (Å²) in [6.45, 7) is 4.22. The third kappa shape index (κ3) is 4.86. The van der Waals surface area contributed by atoms with Gasteiger partial charge in [-0.05, 0) is 44.5 Å². The largest absolute Gasteiger partial charge is 0.373 e. The molecule has 0 aromatic heterocycles. The molecular weight excluding hydrogens is 430 g/mol. The van der Waals surface area contributed by atoms with Crippen LogP contribution >= 0.6 is 0 Å². The quantitative estimate of drug-likeness (QED) is 0.594. The molecule has 0 aliphatic carbocycles. The van der Waals surface area contributed by atoms with Gasteiger partial charge in [-0.15, -0.1) is 0 Å². The van der Waals surface area contributed by atoms with Crippen LogP contribution in [0.15, 0.2) is 29.2 Å². The average Bonchev–Trinajstić information content (AvgIpc) is 3.00. The lowest BCUT2D eigenvalue weighted by molar-refractivity contribution is -0.0440. The van der Waals surface area contributed by atoms with Gasteiger partial charge in [0.2, 0.25) is 10.0 Å². The van der Waals surface area contributed by atoms with Crippen molar-refractivity contribution in [2.45, 2.75) is 43.4 Å². The minimum atomic E-state index is -3.70. The first-order valence-electron chi connectivity index (χ1n) is 9.87. The van der Waals surface area contributed by atoms with E-state index in [9.17, 15) is 21.6 Å². The molecule has 2 fully saturated rings. The van der Waals surface area contributed by atoms with Crippen molar-refractivity contribution < 1.29 is 26.4 Å². The van der Waals surface area contributed by atoms with Gasteiger partial charge in [-0.3, -0.25) is 9.80 Å². The van der Waals surface area contributed by atoms with Crippen LogP contribution in [0, 0.1) is 0 Å². The van der Waals surface area contributed by atoms with E-state index in [0.717, 1.165) is 0 Å². The molecule has 0 unspecified atom stereocenters. The van der Waals surface area contributed by atoms with Crippen LogP contribution in [0.5, 0.6) is 0 Å². The molecule has 1 aromatic carbocycles. The molecule has 11 heteroatoms. The molecule has 3 atom stereocenters. The van der Waals surface area contributed by atoms with Crippen LogP contribution in [0.4, 0.5) is 0 Å². The van der Waals surface area contributed by atoms with Crippen molar-refractivity contribution in [2.75, 3.05) is 38.7 Å². The predicted molar refractivity (Wildman–Crippen MR) is 112 cm³/mol. The molecule has 2 saturated heterocycles. The Morgan fingerprint density at radius 1 is 1.10 bits per heavy atom. The number of nitrogens with zero attached hydrogens (tertiary/aromatic N) is 3. The summed E-state index contributed by atoms with van der Waals surface area (Å²) in [5, 5.41) is 3.01. The summed E-state index contributed by atoms with van der Waals surface area (Å²) in [4.78, 5) is 13.2. The van der Waals surface area contributed by atoms with Gasteiger partial charge >= 0.3 is 0 Å². The lowest BCUT2D eigenvalue weighted by Crippen LogP contribution is -2.49. The molecule has 0 N–H and O–H groups in total. The number of morpholine rings is 1. The molecule has 9 nitrogen and oxygen atoms in total. The van der Waals surface area contributed by atoms with E-state index in [1.54, 1.807) is 19.1 Å². The topological polar surface area (TPSA) is 104 Å². The fourth-order valence-electron chi connectivity index (χ4n) is 4.02. The van der Waals surface area contributed by atoms with E-state index >= 15 is 0 Å². The Morgan fingerprint density at radius 3 is 2.13 bits per heavy atom. The summed E-state index contributed by atoms with van der Waals surface area (Å²) in [6.07, 6.45) is -0.00650. The Morgan fingerprint density at radius 2 is 1.67 bits per heavy atom. The Kier molecular flexibility index (Phi) is 6.59. The van der Waals surface area contributed by atoms with Gasteiger partial charge in [-0.2, -0.15) is 4.31 Å². The zero-order valence-corrected chi connectivity index (χ0v) is 19.3. The molecule has 168 valence electrons. The molecule has 2 aliphatic rings. The molecule has 1 aromatic rings. The van der Waals surface area contributed by atoms with Crippen LogP contribution in [0.2, 0.25) is 0 Å². The minimum absolute atomic E-state index is 0.0584. The highest BCUT2D eigenvalue weighted by molar-refractivity contribution is 7.91. The maximum absolute atomic E-state index is 13.0. The summed E-state index contributed by atoms with van der Waals surface area (Å²) < 4.78 is 56.7. The second-order valence-corrected chi connectivity index (χ2v) is 12.3. The Bertz CT molecular complexity index is 982. The summed E-state index contributed by atoms with van der Waals surface area (Å²) in [5.41, 5.74) is 0.302. The van der Waals surface area contributed by atoms with Crippen molar-refractivity contribution in [3.8, 4) is 0 Å². The summed E-state index contributed by atoms with van der Waals surface area (Å²) in [6, 6.07) is 5.36. The van der Waals surface area contributed by atoms with Gasteiger partial charge in [0.05, 0.1) is 34.7 Å². The van der Waals surface area contributed by atoms with E-state index in [-0.39, 0.29) is 47.6 Å². The SMILES string of the molecule is C[C@@H]1CN(S(=O)(=O)c2ccc(C(=O)N([C@@H]3CCS(=O)(=O)C3)N(C)C)cc2)C[C@H](C)O1. The zero-order valence-electron chi connectivity index (χ0n) is 17.7. The number of rotatable bonds is 5. The first-order chi connectivity index (χ1) is 13.9. The zero-order chi connectivity index (χ0) is 22.3. The maximum atomic E-state index is 13.0. The number of benzene rings is 1. The molecule has 1 amide bonds. The lowest BCUT2D eigenvalue weighted by atomic mass is 10.1. The van der Waals surface area contributed by atoms with Crippen molar-refractivity contribution in [1.29, 1.82) is 0 Å². The van der Waals surface area contributed by atoms with Crippen molar-refractivity contribution in [3.05, 3.63) is 29.8 Å². The average molecular weight is 460 g/mol. The first kappa shape index (κ1) is 23.1. The number of hydrazine groups is 1. The van der Waals surface area contributed by atoms with Gasteiger partial charge in [-0.25, -0.2) is 21.8 Å². The van der Waals surface area contributed by atoms with E-state index < -0.39 is 25.9 Å². The Hall–Kier alpha value is -1.53. The molecule has 2 aliphatic heterocycles. The van der Waals surface area contributed by atoms with Gasteiger partial charge < -0.3 is 4.74 Å². The van der Waals surface area contributed by atoms with E-state index in [1.807, 2.05) is 13.8 Å². The van der Waals surface area contributed by atoms with E-state index in [4.69, 9.17) is 4.74 Å². The molecule has 2 heterocycles. The van der Waals surface area contributed by atoms with Crippen LogP contribution in [-0.2, 0) is 24.6 Å². The van der Waals surface area contributed by atoms with Gasteiger partial charge in [0.25, 0.3) is 5.91 Å². The number of sulfonamides is 1. The summed E-state index contributed by atoms with van der Waals surface area (Å²) in [5.74, 6) is -0.376. The number of sulfone groups is 1. The van der Waals surface area contributed by atoms with Crippen LogP contribution in [0.25, 0.3) is 0 Å². The van der Waals surface area contributed by atoms with Gasteiger partial charge in [0, 0.05) is 32.7 Å². The van der Waals surface area contributed by atoms with Crippen molar-refractivity contribution in [1.82, 2.24) is 14.3 Å². The molecule has 30 heavy (non-hydrogen) atoms. The lowest BCUT2D eigenvalue weighted by Gasteiger charge is -2.34. The number of hydrogen-bond acceptors (Lipinski definition) is 7. The number of hydrogen-bond donors (Lipinski definition) is 0. The molecule has 0 spiro atoms. The summed E-state index contributed by atoms with van der Waals surface area (Å²) >= 11 is 0. The first-order valence-corrected chi connectivity index (χ1v) is 13.1. The highest BCUT2D eigenvalue weighted by Gasteiger charge is 2.37. The minimum Gasteiger partial charge on any atom is -0.373 e. The normalized spacial score (nSPS) is 27.3. The fourth-order valence-corrected chi connectivity index (χ4v) is 7.30. The standard InChI is InChI=1S/C19H29N3O6S2/c1-14-11-21(12-15(2)28-14)30(26,27)18-7-5-16(6-8-18)19(23)22(20(3)4)17-9-10-29(24,25)13-17/h5-8,14-15,17H,9-13H2,1-4H3/t14-,15+,17-/m1/s1. The number of amides is 1. The molecule has 0 radical (unpaired) electrons. The van der Waals surface area contributed by atoms with E-state index in [0.29, 0.717) is 12.0 Å². The Balaban J connectivity index is 1.81. The smallest absolute Gasteiger partial charge is 0.268 e. The van der Waals surface area contributed by atoms with Gasteiger partial charge in [0.15, 0.2) is 9.84 Å². The van der Waals surface area contributed by atoms with Gasteiger partial charge in [-0.1, -0.05) is 0 Å². The second kappa shape index (κ2) is 8.54. The third-order valence-corrected chi connectivity index (χ3v) is 8.91. The highest BCUT2D eigenvalue weighted by Crippen LogP contribution is 2.24. The van der Waals surface area contributed by atoms with E-state index in [2.05, 4.69) is 0 Å². The molecule has 3 rings (SSSR count). The number of carbonyl (C=O) groups excluding carboxylic acids is 1. The van der Waals surface area contributed by atoms with Crippen LogP contribution in [-0.4, -0.2) is 94.0 Å². The van der Waals surface area contributed by atoms with Crippen LogP contribution < -0.4 is 0 Å².